The van der Waals surface area contributed by atoms with Gasteiger partial charge in [-0.25, -0.2) is 0 Å². The van der Waals surface area contributed by atoms with E-state index in [1.165, 1.54) is 22.9 Å². The molecule has 3 rings (SSSR count). The average Bonchev–Trinajstić information content (AvgIpc) is 3.18. The zero-order valence-corrected chi connectivity index (χ0v) is 18.3. The van der Waals surface area contributed by atoms with Crippen LogP contribution in [0.5, 0.6) is 0 Å². The first-order chi connectivity index (χ1) is 14.7. The van der Waals surface area contributed by atoms with E-state index < -0.39 is 0 Å². The first-order valence-corrected chi connectivity index (χ1v) is 11.1. The maximum atomic E-state index is 12.2. The minimum atomic E-state index is -0.0135. The number of rotatable bonds is 11. The molecule has 1 N–H and O–H groups in total. The van der Waals surface area contributed by atoms with Gasteiger partial charge in [0.25, 0.3) is 0 Å². The van der Waals surface area contributed by atoms with Crippen LogP contribution in [0.4, 0.5) is 0 Å². The van der Waals surface area contributed by atoms with Gasteiger partial charge < -0.3 is 10.1 Å². The summed E-state index contributed by atoms with van der Waals surface area (Å²) in [7, 11) is 1.66. The van der Waals surface area contributed by atoms with Gasteiger partial charge in [0.15, 0.2) is 5.16 Å². The minimum Gasteiger partial charge on any atom is -0.385 e. The first-order valence-electron chi connectivity index (χ1n) is 10.1. The van der Waals surface area contributed by atoms with Crippen molar-refractivity contribution >= 4 is 17.7 Å². The maximum Gasteiger partial charge on any atom is 0.230 e. The van der Waals surface area contributed by atoms with Crippen molar-refractivity contribution in [3.63, 3.8) is 0 Å². The Bertz CT molecular complexity index is 926. The van der Waals surface area contributed by atoms with Crippen molar-refractivity contribution in [2.24, 2.45) is 0 Å². The van der Waals surface area contributed by atoms with E-state index >= 15 is 0 Å². The molecule has 3 aromatic rings. The first kappa shape index (κ1) is 22.1. The average molecular weight is 425 g/mol. The largest absolute Gasteiger partial charge is 0.385 e. The minimum absolute atomic E-state index is 0.0135. The molecule has 0 saturated carbocycles. The zero-order chi connectivity index (χ0) is 21.2. The van der Waals surface area contributed by atoms with E-state index in [0.29, 0.717) is 18.9 Å². The molecule has 1 amide bonds. The molecule has 6 nitrogen and oxygen atoms in total. The second-order valence-corrected chi connectivity index (χ2v) is 7.98. The molecule has 0 radical (unpaired) electrons. The third-order valence-corrected chi connectivity index (χ3v) is 5.58. The summed E-state index contributed by atoms with van der Waals surface area (Å²) in [5, 5.41) is 12.5. The Hall–Kier alpha value is -2.64. The highest BCUT2D eigenvalue weighted by molar-refractivity contribution is 7.99. The van der Waals surface area contributed by atoms with E-state index in [4.69, 9.17) is 4.74 Å². The van der Waals surface area contributed by atoms with Gasteiger partial charge in [-0.1, -0.05) is 59.8 Å². The number of amides is 1. The monoisotopic (exact) mass is 424 g/mol. The van der Waals surface area contributed by atoms with Gasteiger partial charge in [-0.2, -0.15) is 0 Å². The van der Waals surface area contributed by atoms with Gasteiger partial charge in [0, 0.05) is 32.4 Å². The van der Waals surface area contributed by atoms with Crippen molar-refractivity contribution in [3.8, 4) is 5.69 Å². The Morgan fingerprint density at radius 1 is 1.07 bits per heavy atom. The fraction of sp³-hybridized carbons (Fsp3) is 0.348. The molecule has 0 atom stereocenters. The quantitative estimate of drug-likeness (QED) is 0.376. The Balaban J connectivity index is 1.71. The van der Waals surface area contributed by atoms with Crippen molar-refractivity contribution in [2.75, 3.05) is 26.0 Å². The molecule has 0 fully saturated rings. The van der Waals surface area contributed by atoms with Crippen LogP contribution in [0.15, 0.2) is 59.8 Å². The zero-order valence-electron chi connectivity index (χ0n) is 17.5. The van der Waals surface area contributed by atoms with Gasteiger partial charge in [-0.3, -0.25) is 9.36 Å². The van der Waals surface area contributed by atoms with Crippen LogP contribution in [0.25, 0.3) is 5.69 Å². The number of benzene rings is 2. The van der Waals surface area contributed by atoms with Crippen molar-refractivity contribution in [1.29, 1.82) is 0 Å². The molecule has 0 aliphatic heterocycles. The van der Waals surface area contributed by atoms with Crippen LogP contribution in [0, 0.1) is 6.92 Å². The molecule has 1 aromatic heterocycles. The Kier molecular flexibility index (Phi) is 8.47. The Morgan fingerprint density at radius 3 is 2.57 bits per heavy atom. The molecular formula is C23H28N4O2S. The van der Waals surface area contributed by atoms with Crippen molar-refractivity contribution in [1.82, 2.24) is 20.1 Å². The Morgan fingerprint density at radius 2 is 1.83 bits per heavy atom. The van der Waals surface area contributed by atoms with Crippen LogP contribution in [0.2, 0.25) is 0 Å². The smallest absolute Gasteiger partial charge is 0.230 e. The Labute approximate surface area is 182 Å². The summed E-state index contributed by atoms with van der Waals surface area (Å²) in [5.41, 5.74) is 3.47. The van der Waals surface area contributed by atoms with Crippen LogP contribution in [0.1, 0.15) is 23.4 Å². The van der Waals surface area contributed by atoms with Crippen molar-refractivity contribution < 1.29 is 9.53 Å². The number of carbonyl (C=O) groups is 1. The van der Waals surface area contributed by atoms with E-state index in [0.717, 1.165) is 35.9 Å². The van der Waals surface area contributed by atoms with Crippen LogP contribution in [-0.4, -0.2) is 46.7 Å². The molecule has 0 aliphatic rings. The van der Waals surface area contributed by atoms with E-state index in [9.17, 15) is 4.79 Å². The number of nitrogens with one attached hydrogen (secondary N) is 1. The van der Waals surface area contributed by atoms with Crippen LogP contribution in [-0.2, 0) is 22.4 Å². The number of methoxy groups -OCH3 is 1. The normalized spacial score (nSPS) is 10.9. The molecule has 2 aromatic carbocycles. The second kappa shape index (κ2) is 11.5. The third kappa shape index (κ3) is 6.43. The highest BCUT2D eigenvalue weighted by atomic mass is 32.2. The molecule has 0 bridgehead atoms. The number of thioether (sulfide) groups is 1. The number of ether oxygens (including phenoxy) is 1. The highest BCUT2D eigenvalue weighted by Gasteiger charge is 2.16. The molecular weight excluding hydrogens is 396 g/mol. The summed E-state index contributed by atoms with van der Waals surface area (Å²) >= 11 is 1.41. The topological polar surface area (TPSA) is 69.0 Å². The summed E-state index contributed by atoms with van der Waals surface area (Å²) in [6.45, 7) is 3.32. The molecule has 0 saturated heterocycles. The van der Waals surface area contributed by atoms with Crippen LogP contribution >= 0.6 is 11.8 Å². The number of nitrogens with zero attached hydrogens (tertiary/aromatic N) is 3. The highest BCUT2D eigenvalue weighted by Crippen LogP contribution is 2.23. The van der Waals surface area contributed by atoms with E-state index in [-0.39, 0.29) is 5.91 Å². The lowest BCUT2D eigenvalue weighted by Gasteiger charge is -2.11. The molecule has 1 heterocycles. The molecule has 0 unspecified atom stereocenters. The molecule has 0 spiro atoms. The summed E-state index contributed by atoms with van der Waals surface area (Å²) in [5.74, 6) is 1.18. The number of carbonyl (C=O) groups excluding carboxylic acids is 1. The van der Waals surface area contributed by atoms with E-state index in [1.54, 1.807) is 7.11 Å². The van der Waals surface area contributed by atoms with Gasteiger partial charge in [-0.15, -0.1) is 10.2 Å². The molecule has 30 heavy (non-hydrogen) atoms. The van der Waals surface area contributed by atoms with Crippen LogP contribution in [0.3, 0.4) is 0 Å². The van der Waals surface area contributed by atoms with E-state index in [1.807, 2.05) is 18.2 Å². The number of hydrogen-bond acceptors (Lipinski definition) is 5. The lowest BCUT2D eigenvalue weighted by Crippen LogP contribution is -2.27. The van der Waals surface area contributed by atoms with Crippen LogP contribution < -0.4 is 5.32 Å². The lowest BCUT2D eigenvalue weighted by molar-refractivity contribution is -0.118. The summed E-state index contributed by atoms with van der Waals surface area (Å²) in [6.07, 6.45) is 2.46. The van der Waals surface area contributed by atoms with Gasteiger partial charge in [0.05, 0.1) is 5.75 Å². The summed E-state index contributed by atoms with van der Waals surface area (Å²) in [4.78, 5) is 12.2. The third-order valence-electron chi connectivity index (χ3n) is 4.65. The summed E-state index contributed by atoms with van der Waals surface area (Å²) in [6, 6.07) is 18.7. The van der Waals surface area contributed by atoms with Crippen molar-refractivity contribution in [3.05, 3.63) is 71.5 Å². The molecule has 158 valence electrons. The van der Waals surface area contributed by atoms with Crippen molar-refractivity contribution in [2.45, 2.75) is 31.3 Å². The number of aryl methyl sites for hydroxylation is 3. The number of aromatic nitrogens is 3. The predicted octanol–water partition coefficient (Wildman–Crippen LogP) is 3.61. The fourth-order valence-electron chi connectivity index (χ4n) is 3.04. The van der Waals surface area contributed by atoms with Gasteiger partial charge in [0.1, 0.15) is 5.82 Å². The van der Waals surface area contributed by atoms with Gasteiger partial charge >= 0.3 is 0 Å². The van der Waals surface area contributed by atoms with E-state index in [2.05, 4.69) is 63.4 Å². The van der Waals surface area contributed by atoms with Gasteiger partial charge in [-0.05, 0) is 37.5 Å². The number of hydrogen-bond donors (Lipinski definition) is 1. The predicted molar refractivity (Wildman–Crippen MR) is 120 cm³/mol. The molecule has 0 aliphatic carbocycles. The van der Waals surface area contributed by atoms with Gasteiger partial charge in [0.2, 0.25) is 5.91 Å². The lowest BCUT2D eigenvalue weighted by atomic mass is 10.1. The fourth-order valence-corrected chi connectivity index (χ4v) is 3.84. The maximum absolute atomic E-state index is 12.2. The SMILES string of the molecule is COCCCNC(=O)CSc1nnc(CCc2ccccc2)n1-c1ccc(C)cc1. The standard InChI is InChI=1S/C23H28N4O2S/c1-18-9-12-20(13-10-18)27-21(14-11-19-7-4-3-5-8-19)25-26-23(27)30-17-22(28)24-15-6-16-29-2/h3-5,7-10,12-13H,6,11,14-17H2,1-2H3,(H,24,28). The summed E-state index contributed by atoms with van der Waals surface area (Å²) < 4.78 is 7.07. The second-order valence-electron chi connectivity index (χ2n) is 7.04. The molecule has 7 heteroatoms.